The van der Waals surface area contributed by atoms with E-state index in [1.807, 2.05) is 0 Å². The van der Waals surface area contributed by atoms with Gasteiger partial charge in [0.05, 0.1) is 30.8 Å². The highest BCUT2D eigenvalue weighted by Gasteiger charge is 2.42. The van der Waals surface area contributed by atoms with E-state index in [4.69, 9.17) is 16.3 Å². The maximum absolute atomic E-state index is 14.0. The van der Waals surface area contributed by atoms with Crippen LogP contribution in [0.25, 0.3) is 5.69 Å². The molecule has 0 spiro atoms. The van der Waals surface area contributed by atoms with Gasteiger partial charge in [-0.2, -0.15) is 0 Å². The number of hydrogen-bond donors (Lipinski definition) is 4. The summed E-state index contributed by atoms with van der Waals surface area (Å²) in [5, 5.41) is 35.8. The number of aromatic nitrogens is 4. The molecule has 46 heavy (non-hydrogen) atoms. The smallest absolute Gasteiger partial charge is 0.243 e. The number of tetrazole rings is 1. The van der Waals surface area contributed by atoms with Gasteiger partial charge in [0.15, 0.2) is 0 Å². The molecule has 3 aromatic rings. The lowest BCUT2D eigenvalue weighted by molar-refractivity contribution is -0.140. The van der Waals surface area contributed by atoms with Crippen LogP contribution in [0.2, 0.25) is 5.02 Å². The third-order valence-corrected chi connectivity index (χ3v) is 9.55. The summed E-state index contributed by atoms with van der Waals surface area (Å²) in [6.45, 7) is 1.77. The van der Waals surface area contributed by atoms with Crippen LogP contribution in [0, 0.1) is 0 Å². The highest BCUT2D eigenvalue weighted by molar-refractivity contribution is 7.88. The van der Waals surface area contributed by atoms with E-state index < -0.39 is 46.3 Å². The van der Waals surface area contributed by atoms with E-state index in [0.29, 0.717) is 48.1 Å². The number of nitrogens with zero attached hydrogens (tertiary/aromatic N) is 6. The number of rotatable bonds is 13. The quantitative estimate of drug-likeness (QED) is 0.188. The number of sulfonamides is 1. The van der Waals surface area contributed by atoms with E-state index >= 15 is 0 Å². The van der Waals surface area contributed by atoms with Crippen LogP contribution < -0.4 is 10.0 Å². The van der Waals surface area contributed by atoms with Gasteiger partial charge in [0.1, 0.15) is 24.6 Å². The van der Waals surface area contributed by atoms with Crippen molar-refractivity contribution < 1.29 is 33.0 Å². The summed E-state index contributed by atoms with van der Waals surface area (Å²) in [7, 11) is -4.02. The van der Waals surface area contributed by atoms with Crippen molar-refractivity contribution >= 4 is 33.4 Å². The number of hydrogen-bond acceptors (Lipinski definition) is 11. The molecule has 0 saturated carbocycles. The Morgan fingerprint density at radius 1 is 1.11 bits per heavy atom. The Morgan fingerprint density at radius 3 is 2.59 bits per heavy atom. The molecule has 248 valence electrons. The monoisotopic (exact) mass is 676 g/mol. The molecule has 0 aliphatic carbocycles. The molecule has 1 aromatic heterocycles. The second-order valence-electron chi connectivity index (χ2n) is 11.3. The molecule has 5 rings (SSSR count). The third kappa shape index (κ3) is 8.85. The normalized spacial score (nSPS) is 20.4. The number of likely N-dealkylation sites (tertiary alicyclic amines) is 1. The minimum Gasteiger partial charge on any atom is -0.391 e. The first-order valence-electron chi connectivity index (χ1n) is 14.9. The van der Waals surface area contributed by atoms with Gasteiger partial charge in [0.25, 0.3) is 0 Å². The molecular formula is C29H37ClN8O7S. The van der Waals surface area contributed by atoms with Gasteiger partial charge >= 0.3 is 0 Å². The van der Waals surface area contributed by atoms with Crippen LogP contribution in [-0.2, 0) is 36.6 Å². The van der Waals surface area contributed by atoms with E-state index in [-0.39, 0.29) is 38.1 Å². The Bertz CT molecular complexity index is 1580. The second-order valence-corrected chi connectivity index (χ2v) is 13.5. The van der Waals surface area contributed by atoms with E-state index in [9.17, 15) is 28.2 Å². The van der Waals surface area contributed by atoms with E-state index in [0.717, 1.165) is 0 Å². The van der Waals surface area contributed by atoms with Gasteiger partial charge in [0.2, 0.25) is 21.8 Å². The van der Waals surface area contributed by atoms with E-state index in [1.54, 1.807) is 53.4 Å². The Morgan fingerprint density at radius 2 is 1.87 bits per heavy atom. The van der Waals surface area contributed by atoms with Crippen molar-refractivity contribution in [3.05, 3.63) is 71.0 Å². The summed E-state index contributed by atoms with van der Waals surface area (Å²) < 4.78 is 35.8. The fourth-order valence-electron chi connectivity index (χ4n) is 5.66. The highest BCUT2D eigenvalue weighted by atomic mass is 35.5. The molecule has 2 aliphatic rings. The Labute approximate surface area is 271 Å². The topological polar surface area (TPSA) is 192 Å². The number of carbonyl (C=O) groups excluding carboxylic acids is 2. The lowest BCUT2D eigenvalue weighted by atomic mass is 10.1. The van der Waals surface area contributed by atoms with Crippen molar-refractivity contribution in [3.8, 4) is 5.69 Å². The van der Waals surface area contributed by atoms with Gasteiger partial charge in [-0.3, -0.25) is 14.5 Å². The highest BCUT2D eigenvalue weighted by Crippen LogP contribution is 2.23. The molecule has 4 unspecified atom stereocenters. The molecule has 3 heterocycles. The molecule has 4 atom stereocenters. The molecular weight excluding hydrogens is 640 g/mol. The van der Waals surface area contributed by atoms with Gasteiger partial charge in [0, 0.05) is 37.6 Å². The number of aliphatic hydroxyl groups excluding tert-OH is 2. The Kier molecular flexibility index (Phi) is 11.3. The van der Waals surface area contributed by atoms with Crippen molar-refractivity contribution in [1.29, 1.82) is 0 Å². The number of benzene rings is 2. The average molecular weight is 677 g/mol. The van der Waals surface area contributed by atoms with Crippen molar-refractivity contribution in [3.63, 3.8) is 0 Å². The minimum atomic E-state index is -4.02. The zero-order chi connectivity index (χ0) is 32.7. The summed E-state index contributed by atoms with van der Waals surface area (Å²) in [4.78, 5) is 30.5. The molecule has 4 N–H and O–H groups in total. The minimum absolute atomic E-state index is 0.0160. The summed E-state index contributed by atoms with van der Waals surface area (Å²) in [5.41, 5.74) is 1.72. The van der Waals surface area contributed by atoms with Crippen molar-refractivity contribution in [2.45, 2.75) is 56.0 Å². The van der Waals surface area contributed by atoms with Gasteiger partial charge in [-0.05, 0) is 52.6 Å². The molecule has 2 aromatic carbocycles. The lowest BCUT2D eigenvalue weighted by Crippen LogP contribution is -2.54. The van der Waals surface area contributed by atoms with Crippen LogP contribution in [0.4, 0.5) is 0 Å². The van der Waals surface area contributed by atoms with Crippen LogP contribution in [0.3, 0.4) is 0 Å². The number of nitrogens with one attached hydrogen (secondary N) is 2. The van der Waals surface area contributed by atoms with Crippen molar-refractivity contribution in [2.24, 2.45) is 0 Å². The molecule has 2 amide bonds. The first-order valence-corrected chi connectivity index (χ1v) is 16.9. The van der Waals surface area contributed by atoms with Crippen molar-refractivity contribution in [2.75, 3.05) is 32.8 Å². The number of β-amino-alcohol motifs (C(OH)–C–C–N with tert-alkyl or cyclic N) is 1. The Hall–Kier alpha value is -3.51. The first kappa shape index (κ1) is 33.8. The predicted molar refractivity (Wildman–Crippen MR) is 166 cm³/mol. The van der Waals surface area contributed by atoms with Gasteiger partial charge in [-0.1, -0.05) is 41.9 Å². The number of halogens is 1. The maximum atomic E-state index is 14.0. The SMILES string of the molecule is O=C(NCc1cc(Cl)ccc1-n1cnnn1)C1CC(O)CN1C(=O)C(CCC(O)N1CCOCC1)NS(=O)(=O)Cc1ccccc1. The van der Waals surface area contributed by atoms with E-state index in [2.05, 4.69) is 25.6 Å². The third-order valence-electron chi connectivity index (χ3n) is 7.96. The molecule has 2 aliphatic heterocycles. The largest absolute Gasteiger partial charge is 0.391 e. The first-order chi connectivity index (χ1) is 22.1. The summed E-state index contributed by atoms with van der Waals surface area (Å²) >= 11 is 6.20. The second kappa shape index (κ2) is 15.4. The number of carbonyl (C=O) groups is 2. The molecule has 0 radical (unpaired) electrons. The standard InChI is InChI=1S/C29H37ClN8O7S/c30-22-6-8-25(38-19-32-34-35-38)21(14-22)16-31-28(41)26-15-23(39)17-37(26)29(42)24(7-9-27(40)36-10-12-45-13-11-36)33-46(43,44)18-20-4-2-1-3-5-20/h1-6,8,14,19,23-24,26-27,33,39-40H,7,9-13,15-18H2,(H,31,41). The van der Waals surface area contributed by atoms with Gasteiger partial charge in [-0.15, -0.1) is 5.10 Å². The fourth-order valence-corrected chi connectivity index (χ4v) is 7.22. The summed E-state index contributed by atoms with van der Waals surface area (Å²) in [6, 6.07) is 11.2. The Balaban J connectivity index is 1.31. The van der Waals surface area contributed by atoms with Crippen LogP contribution in [0.5, 0.6) is 0 Å². The predicted octanol–water partition coefficient (Wildman–Crippen LogP) is -0.187. The summed E-state index contributed by atoms with van der Waals surface area (Å²) in [5.74, 6) is -1.56. The van der Waals surface area contributed by atoms with Gasteiger partial charge < -0.3 is 25.2 Å². The fraction of sp³-hybridized carbons (Fsp3) is 0.483. The van der Waals surface area contributed by atoms with Crippen LogP contribution in [0.1, 0.15) is 30.4 Å². The molecule has 2 fully saturated rings. The number of amides is 2. The maximum Gasteiger partial charge on any atom is 0.243 e. The molecule has 15 nitrogen and oxygen atoms in total. The zero-order valence-corrected chi connectivity index (χ0v) is 26.6. The van der Waals surface area contributed by atoms with Crippen LogP contribution >= 0.6 is 11.6 Å². The number of ether oxygens (including phenoxy) is 1. The average Bonchev–Trinajstić information content (AvgIpc) is 3.72. The lowest BCUT2D eigenvalue weighted by Gasteiger charge is -2.33. The number of aliphatic hydroxyl groups is 2. The molecule has 2 saturated heterocycles. The number of morpholine rings is 1. The molecule has 0 bridgehead atoms. The van der Waals surface area contributed by atoms with Crippen LogP contribution in [-0.4, -0.2) is 118 Å². The zero-order valence-electron chi connectivity index (χ0n) is 25.0. The molecule has 17 heteroatoms. The van der Waals surface area contributed by atoms with Crippen LogP contribution in [0.15, 0.2) is 54.9 Å². The van der Waals surface area contributed by atoms with Gasteiger partial charge in [-0.25, -0.2) is 17.8 Å². The van der Waals surface area contributed by atoms with E-state index in [1.165, 1.54) is 15.9 Å². The van der Waals surface area contributed by atoms with Crippen molar-refractivity contribution in [1.82, 2.24) is 40.0 Å². The summed E-state index contributed by atoms with van der Waals surface area (Å²) in [6.07, 6.45) is -0.503.